The lowest BCUT2D eigenvalue weighted by Gasteiger charge is -1.96. The van der Waals surface area contributed by atoms with Crippen molar-refractivity contribution in [2.45, 2.75) is 63.6 Å². The molecule has 1 N–H and O–H groups in total. The average Bonchev–Trinajstić information content (AvgIpc) is 3.36. The van der Waals surface area contributed by atoms with Crippen LogP contribution in [0.4, 0.5) is 0 Å². The summed E-state index contributed by atoms with van der Waals surface area (Å²) in [5.74, 6) is -0.888. The number of methoxy groups -OCH3 is 1. The van der Waals surface area contributed by atoms with Gasteiger partial charge in [0.1, 0.15) is 6.10 Å². The predicted octanol–water partition coefficient (Wildman–Crippen LogP) is 4.36. The van der Waals surface area contributed by atoms with Crippen LogP contribution in [0.1, 0.15) is 51.4 Å². The summed E-state index contributed by atoms with van der Waals surface area (Å²) >= 11 is 0. The van der Waals surface area contributed by atoms with Gasteiger partial charge in [-0.15, -0.1) is 0 Å². The first-order valence-corrected chi connectivity index (χ1v) is 9.22. The number of carboxylic acid groups (broad SMARTS) is 1. The van der Waals surface area contributed by atoms with E-state index in [9.17, 15) is 9.59 Å². The van der Waals surface area contributed by atoms with Crippen LogP contribution >= 0.6 is 0 Å². The standard InChI is InChI=1S/C21H30O5/c1-25-21(24)17-13-15-19-18(26-19)14-11-9-7-5-3-2-4-6-8-10-12-16-20(22)23/h3-7,9,11,14,18-19H,2,8,10,12-13,15-17H2,1H3,(H,22,23)/b5-3-,6-4-,9-7+,14-11+/t18-,19-/m1/s1. The van der Waals surface area contributed by atoms with Crippen molar-refractivity contribution in [3.63, 3.8) is 0 Å². The molecule has 5 heteroatoms. The smallest absolute Gasteiger partial charge is 0.305 e. The van der Waals surface area contributed by atoms with E-state index >= 15 is 0 Å². The third-order valence-corrected chi connectivity index (χ3v) is 3.94. The van der Waals surface area contributed by atoms with Crippen LogP contribution in [-0.4, -0.2) is 36.4 Å². The quantitative estimate of drug-likeness (QED) is 0.163. The van der Waals surface area contributed by atoms with Gasteiger partial charge in [0.15, 0.2) is 0 Å². The molecule has 2 atom stereocenters. The molecule has 0 aromatic heterocycles. The summed E-state index contributed by atoms with van der Waals surface area (Å²) in [6.45, 7) is 0. The largest absolute Gasteiger partial charge is 0.481 e. The van der Waals surface area contributed by atoms with E-state index in [1.54, 1.807) is 0 Å². The number of carboxylic acids is 1. The summed E-state index contributed by atoms with van der Waals surface area (Å²) in [6.07, 6.45) is 22.5. The summed E-state index contributed by atoms with van der Waals surface area (Å²) < 4.78 is 10.1. The fourth-order valence-corrected chi connectivity index (χ4v) is 2.40. The number of hydrogen-bond acceptors (Lipinski definition) is 4. The van der Waals surface area contributed by atoms with Crippen molar-refractivity contribution in [1.29, 1.82) is 0 Å². The zero-order valence-electron chi connectivity index (χ0n) is 15.5. The molecule has 1 saturated heterocycles. The van der Waals surface area contributed by atoms with Crippen LogP contribution < -0.4 is 0 Å². The van der Waals surface area contributed by atoms with Gasteiger partial charge in [-0.1, -0.05) is 48.6 Å². The molecule has 0 saturated carbocycles. The third kappa shape index (κ3) is 12.3. The molecule has 0 unspecified atom stereocenters. The number of carbonyl (C=O) groups is 2. The van der Waals surface area contributed by atoms with Crippen molar-refractivity contribution < 1.29 is 24.2 Å². The molecule has 1 fully saturated rings. The zero-order valence-corrected chi connectivity index (χ0v) is 15.5. The Morgan fingerprint density at radius 3 is 2.58 bits per heavy atom. The van der Waals surface area contributed by atoms with Crippen LogP contribution in [0.2, 0.25) is 0 Å². The van der Waals surface area contributed by atoms with Crippen molar-refractivity contribution in [3.8, 4) is 0 Å². The van der Waals surface area contributed by atoms with Gasteiger partial charge in [-0.2, -0.15) is 0 Å². The highest BCUT2D eigenvalue weighted by Gasteiger charge is 2.35. The summed E-state index contributed by atoms with van der Waals surface area (Å²) in [5.41, 5.74) is 0. The van der Waals surface area contributed by atoms with Crippen molar-refractivity contribution in [2.75, 3.05) is 7.11 Å². The van der Waals surface area contributed by atoms with E-state index in [1.807, 2.05) is 30.4 Å². The van der Waals surface area contributed by atoms with E-state index < -0.39 is 5.97 Å². The number of ether oxygens (including phenoxy) is 2. The lowest BCUT2D eigenvalue weighted by molar-refractivity contribution is -0.141. The van der Waals surface area contributed by atoms with Crippen LogP contribution in [0, 0.1) is 0 Å². The number of carbonyl (C=O) groups excluding carboxylic acids is 1. The van der Waals surface area contributed by atoms with Gasteiger partial charge in [0.05, 0.1) is 13.2 Å². The molecule has 0 radical (unpaired) electrons. The Labute approximate surface area is 156 Å². The highest BCUT2D eigenvalue weighted by atomic mass is 16.6. The van der Waals surface area contributed by atoms with Crippen LogP contribution in [0.25, 0.3) is 0 Å². The Bertz CT molecular complexity index is 531. The van der Waals surface area contributed by atoms with Crippen molar-refractivity contribution in [1.82, 2.24) is 0 Å². The molecule has 1 heterocycles. The second-order valence-electron chi connectivity index (χ2n) is 6.15. The topological polar surface area (TPSA) is 76.1 Å². The van der Waals surface area contributed by atoms with E-state index in [0.717, 1.165) is 38.5 Å². The van der Waals surface area contributed by atoms with E-state index in [2.05, 4.69) is 23.0 Å². The van der Waals surface area contributed by atoms with Gasteiger partial charge in [0.2, 0.25) is 0 Å². The fraction of sp³-hybridized carbons (Fsp3) is 0.524. The number of rotatable bonds is 14. The summed E-state index contributed by atoms with van der Waals surface area (Å²) in [7, 11) is 1.41. The fourth-order valence-electron chi connectivity index (χ4n) is 2.40. The van der Waals surface area contributed by atoms with Gasteiger partial charge >= 0.3 is 11.9 Å². The van der Waals surface area contributed by atoms with Gasteiger partial charge in [0, 0.05) is 12.8 Å². The van der Waals surface area contributed by atoms with Crippen LogP contribution in [0.15, 0.2) is 48.6 Å². The molecule has 144 valence electrons. The monoisotopic (exact) mass is 362 g/mol. The van der Waals surface area contributed by atoms with Crippen molar-refractivity contribution in [2.24, 2.45) is 0 Å². The van der Waals surface area contributed by atoms with Crippen LogP contribution in [0.3, 0.4) is 0 Å². The molecule has 1 rings (SSSR count). The molecule has 1 aliphatic rings. The maximum Gasteiger partial charge on any atom is 0.305 e. The average molecular weight is 362 g/mol. The van der Waals surface area contributed by atoms with Gasteiger partial charge in [0.25, 0.3) is 0 Å². The molecule has 1 aliphatic heterocycles. The summed E-state index contributed by atoms with van der Waals surface area (Å²) in [6, 6.07) is 0. The van der Waals surface area contributed by atoms with Gasteiger partial charge in [-0.3, -0.25) is 9.59 Å². The molecule has 0 spiro atoms. The maximum atomic E-state index is 11.0. The minimum absolute atomic E-state index is 0.166. The highest BCUT2D eigenvalue weighted by molar-refractivity contribution is 5.69. The predicted molar refractivity (Wildman–Crippen MR) is 102 cm³/mol. The SMILES string of the molecule is COC(=O)CCC[C@H]1O[C@@H]1/C=C/C=C/C=C\C/C=C\CCCCC(=O)O. The van der Waals surface area contributed by atoms with Crippen molar-refractivity contribution in [3.05, 3.63) is 48.6 Å². The maximum absolute atomic E-state index is 11.0. The van der Waals surface area contributed by atoms with E-state index in [4.69, 9.17) is 9.84 Å². The Hall–Kier alpha value is -2.14. The second-order valence-corrected chi connectivity index (χ2v) is 6.15. The molecule has 5 nitrogen and oxygen atoms in total. The minimum atomic E-state index is -0.722. The first-order valence-electron chi connectivity index (χ1n) is 9.22. The number of esters is 1. The molecule has 0 aromatic carbocycles. The molecule has 26 heavy (non-hydrogen) atoms. The number of epoxide rings is 1. The van der Waals surface area contributed by atoms with E-state index in [1.165, 1.54) is 7.11 Å². The third-order valence-electron chi connectivity index (χ3n) is 3.94. The lowest BCUT2D eigenvalue weighted by Crippen LogP contribution is -2.01. The Kier molecular flexibility index (Phi) is 11.9. The molecular formula is C21H30O5. The lowest BCUT2D eigenvalue weighted by atomic mass is 10.1. The van der Waals surface area contributed by atoms with Gasteiger partial charge < -0.3 is 14.6 Å². The highest BCUT2D eigenvalue weighted by Crippen LogP contribution is 2.28. The first-order chi connectivity index (χ1) is 12.6. The molecule has 0 bridgehead atoms. The second kappa shape index (κ2) is 14.1. The van der Waals surface area contributed by atoms with Crippen LogP contribution in [0.5, 0.6) is 0 Å². The summed E-state index contributed by atoms with van der Waals surface area (Å²) in [5, 5.41) is 8.52. The van der Waals surface area contributed by atoms with E-state index in [0.29, 0.717) is 6.42 Å². The van der Waals surface area contributed by atoms with Crippen molar-refractivity contribution >= 4 is 11.9 Å². The number of hydrogen-bond donors (Lipinski definition) is 1. The number of aliphatic carboxylic acids is 1. The van der Waals surface area contributed by atoms with E-state index in [-0.39, 0.29) is 24.6 Å². The minimum Gasteiger partial charge on any atom is -0.481 e. The molecule has 0 aromatic rings. The van der Waals surface area contributed by atoms with Gasteiger partial charge in [-0.05, 0) is 38.5 Å². The number of allylic oxidation sites excluding steroid dienone is 7. The number of unbranched alkanes of at least 4 members (excludes halogenated alkanes) is 2. The van der Waals surface area contributed by atoms with Gasteiger partial charge in [-0.25, -0.2) is 0 Å². The Morgan fingerprint density at radius 2 is 1.81 bits per heavy atom. The summed E-state index contributed by atoms with van der Waals surface area (Å²) in [4.78, 5) is 21.4. The van der Waals surface area contributed by atoms with Crippen LogP contribution in [-0.2, 0) is 19.1 Å². The first kappa shape index (κ1) is 21.9. The normalized spacial score (nSPS) is 19.9. The Balaban J connectivity index is 1.98. The molecule has 0 amide bonds. The zero-order chi connectivity index (χ0) is 19.0. The molecule has 0 aliphatic carbocycles. The Morgan fingerprint density at radius 1 is 1.00 bits per heavy atom. The molecular weight excluding hydrogens is 332 g/mol.